The van der Waals surface area contributed by atoms with Crippen molar-refractivity contribution in [3.63, 3.8) is 0 Å². The maximum Gasteiger partial charge on any atom is 0.416 e. The standard InChI is InChI=1S/C23H20F3N3OS/c24-23(25,26)18-5-1-16(2-6-18)3-10-22(30)27-19-7-8-20-17(15-19)4-9-21(28-20)29-11-13-31-14-12-29/h1-10,15H,11-14H2,(H,27,30)/b10-3+. The predicted octanol–water partition coefficient (Wildman–Crippen LogP) is 5.46. The van der Waals surface area contributed by atoms with Gasteiger partial charge in [0, 0.05) is 41.7 Å². The minimum absolute atomic E-state index is 0.366. The molecule has 1 N–H and O–H groups in total. The Morgan fingerprint density at radius 1 is 1.03 bits per heavy atom. The van der Waals surface area contributed by atoms with E-state index in [1.165, 1.54) is 24.3 Å². The summed E-state index contributed by atoms with van der Waals surface area (Å²) in [4.78, 5) is 19.2. The molecule has 1 aliphatic heterocycles. The topological polar surface area (TPSA) is 45.2 Å². The first-order valence-corrected chi connectivity index (χ1v) is 10.9. The van der Waals surface area contributed by atoms with E-state index in [0.29, 0.717) is 11.3 Å². The van der Waals surface area contributed by atoms with Gasteiger partial charge in [-0.3, -0.25) is 4.79 Å². The van der Waals surface area contributed by atoms with E-state index in [0.717, 1.165) is 53.4 Å². The summed E-state index contributed by atoms with van der Waals surface area (Å²) in [6.07, 6.45) is -1.61. The maximum atomic E-state index is 12.6. The average Bonchev–Trinajstić information content (AvgIpc) is 2.77. The molecule has 2 heterocycles. The van der Waals surface area contributed by atoms with E-state index in [1.54, 1.807) is 6.07 Å². The molecule has 160 valence electrons. The first kappa shape index (κ1) is 21.2. The fourth-order valence-electron chi connectivity index (χ4n) is 3.30. The number of amides is 1. The lowest BCUT2D eigenvalue weighted by molar-refractivity contribution is -0.137. The third-order valence-electron chi connectivity index (χ3n) is 4.94. The number of nitrogens with zero attached hydrogens (tertiary/aromatic N) is 2. The quantitative estimate of drug-likeness (QED) is 0.544. The molecule has 0 radical (unpaired) electrons. The Kier molecular flexibility index (Phi) is 6.18. The van der Waals surface area contributed by atoms with Crippen molar-refractivity contribution in [3.05, 3.63) is 71.8 Å². The van der Waals surface area contributed by atoms with Crippen LogP contribution in [-0.4, -0.2) is 35.5 Å². The van der Waals surface area contributed by atoms with Gasteiger partial charge in [0.1, 0.15) is 5.82 Å². The van der Waals surface area contributed by atoms with Crippen LogP contribution in [0, 0.1) is 0 Å². The summed E-state index contributed by atoms with van der Waals surface area (Å²) in [6.45, 7) is 1.98. The predicted molar refractivity (Wildman–Crippen MR) is 120 cm³/mol. The molecule has 1 amide bonds. The summed E-state index contributed by atoms with van der Waals surface area (Å²) in [5.74, 6) is 2.80. The zero-order chi connectivity index (χ0) is 21.8. The van der Waals surface area contributed by atoms with Crippen molar-refractivity contribution in [2.75, 3.05) is 34.8 Å². The van der Waals surface area contributed by atoms with E-state index in [4.69, 9.17) is 4.98 Å². The van der Waals surface area contributed by atoms with Gasteiger partial charge in [-0.25, -0.2) is 4.98 Å². The molecule has 2 aromatic carbocycles. The van der Waals surface area contributed by atoms with E-state index >= 15 is 0 Å². The highest BCUT2D eigenvalue weighted by Gasteiger charge is 2.29. The number of pyridine rings is 1. The molecule has 1 fully saturated rings. The van der Waals surface area contributed by atoms with Crippen molar-refractivity contribution in [1.29, 1.82) is 0 Å². The van der Waals surface area contributed by atoms with Crippen LogP contribution in [0.2, 0.25) is 0 Å². The summed E-state index contributed by atoms with van der Waals surface area (Å²) < 4.78 is 37.8. The minimum Gasteiger partial charge on any atom is -0.355 e. The summed E-state index contributed by atoms with van der Waals surface area (Å²) in [5, 5.41) is 3.69. The maximum absolute atomic E-state index is 12.6. The van der Waals surface area contributed by atoms with Gasteiger partial charge in [-0.05, 0) is 54.1 Å². The Hall–Kier alpha value is -3.00. The Labute approximate surface area is 182 Å². The molecule has 1 saturated heterocycles. The molecular formula is C23H20F3N3OS. The van der Waals surface area contributed by atoms with Crippen LogP contribution < -0.4 is 10.2 Å². The van der Waals surface area contributed by atoms with Gasteiger partial charge >= 0.3 is 6.18 Å². The van der Waals surface area contributed by atoms with Crippen molar-refractivity contribution >= 4 is 46.2 Å². The number of fused-ring (bicyclic) bond motifs is 1. The number of rotatable bonds is 4. The molecular weight excluding hydrogens is 423 g/mol. The highest BCUT2D eigenvalue weighted by atomic mass is 32.2. The van der Waals surface area contributed by atoms with E-state index in [9.17, 15) is 18.0 Å². The Morgan fingerprint density at radius 3 is 2.48 bits per heavy atom. The molecule has 3 aromatic rings. The number of carbonyl (C=O) groups is 1. The molecule has 31 heavy (non-hydrogen) atoms. The second-order valence-corrected chi connectivity index (χ2v) is 8.34. The number of hydrogen-bond acceptors (Lipinski definition) is 4. The second-order valence-electron chi connectivity index (χ2n) is 7.12. The third kappa shape index (κ3) is 5.38. The summed E-state index contributed by atoms with van der Waals surface area (Å²) in [5.41, 5.74) is 1.27. The normalized spacial score (nSPS) is 14.9. The van der Waals surface area contributed by atoms with E-state index in [1.807, 2.05) is 36.0 Å². The van der Waals surface area contributed by atoms with E-state index in [-0.39, 0.29) is 5.91 Å². The summed E-state index contributed by atoms with van der Waals surface area (Å²) in [6, 6.07) is 14.1. The zero-order valence-electron chi connectivity index (χ0n) is 16.5. The third-order valence-corrected chi connectivity index (χ3v) is 5.88. The molecule has 0 atom stereocenters. The zero-order valence-corrected chi connectivity index (χ0v) is 17.3. The number of thioether (sulfide) groups is 1. The van der Waals surface area contributed by atoms with Crippen molar-refractivity contribution in [1.82, 2.24) is 4.98 Å². The van der Waals surface area contributed by atoms with Gasteiger partial charge < -0.3 is 10.2 Å². The van der Waals surface area contributed by atoms with Gasteiger partial charge in [0.25, 0.3) is 0 Å². The molecule has 1 aliphatic rings. The van der Waals surface area contributed by atoms with Crippen molar-refractivity contribution in [2.45, 2.75) is 6.18 Å². The Bertz CT molecular complexity index is 1110. The molecule has 0 bridgehead atoms. The SMILES string of the molecule is O=C(/C=C/c1ccc(C(F)(F)F)cc1)Nc1ccc2nc(N3CCSCC3)ccc2c1. The molecule has 8 heteroatoms. The monoisotopic (exact) mass is 443 g/mol. The lowest BCUT2D eigenvalue weighted by atomic mass is 10.1. The molecule has 0 spiro atoms. The minimum atomic E-state index is -4.38. The number of alkyl halides is 3. The number of anilines is 2. The van der Waals surface area contributed by atoms with Crippen LogP contribution in [0.25, 0.3) is 17.0 Å². The van der Waals surface area contributed by atoms with Gasteiger partial charge in [-0.1, -0.05) is 12.1 Å². The number of hydrogen-bond donors (Lipinski definition) is 1. The molecule has 1 aromatic heterocycles. The van der Waals surface area contributed by atoms with Crippen LogP contribution >= 0.6 is 11.8 Å². The first-order chi connectivity index (χ1) is 14.9. The number of benzene rings is 2. The number of aromatic nitrogens is 1. The van der Waals surface area contributed by atoms with E-state index < -0.39 is 11.7 Å². The Morgan fingerprint density at radius 2 is 1.77 bits per heavy atom. The lowest BCUT2D eigenvalue weighted by Crippen LogP contribution is -2.32. The second kappa shape index (κ2) is 9.01. The van der Waals surface area contributed by atoms with Crippen LogP contribution in [0.3, 0.4) is 0 Å². The summed E-state index contributed by atoms with van der Waals surface area (Å²) in [7, 11) is 0. The van der Waals surface area contributed by atoms with Gasteiger partial charge in [-0.15, -0.1) is 0 Å². The van der Waals surface area contributed by atoms with Crippen molar-refractivity contribution in [2.24, 2.45) is 0 Å². The smallest absolute Gasteiger partial charge is 0.355 e. The number of halogens is 3. The Balaban J connectivity index is 1.41. The molecule has 0 aliphatic carbocycles. The average molecular weight is 443 g/mol. The first-order valence-electron chi connectivity index (χ1n) is 9.78. The highest BCUT2D eigenvalue weighted by Crippen LogP contribution is 2.29. The van der Waals surface area contributed by atoms with Gasteiger partial charge in [-0.2, -0.15) is 24.9 Å². The number of carbonyl (C=O) groups excluding carboxylic acids is 1. The lowest BCUT2D eigenvalue weighted by Gasteiger charge is -2.27. The highest BCUT2D eigenvalue weighted by molar-refractivity contribution is 7.99. The molecule has 4 nitrogen and oxygen atoms in total. The van der Waals surface area contributed by atoms with Crippen LogP contribution in [0.15, 0.2) is 60.7 Å². The van der Waals surface area contributed by atoms with Crippen LogP contribution in [-0.2, 0) is 11.0 Å². The molecule has 4 rings (SSSR count). The van der Waals surface area contributed by atoms with Crippen LogP contribution in [0.5, 0.6) is 0 Å². The largest absolute Gasteiger partial charge is 0.416 e. The number of nitrogens with one attached hydrogen (secondary N) is 1. The molecule has 0 saturated carbocycles. The van der Waals surface area contributed by atoms with Gasteiger partial charge in [0.2, 0.25) is 5.91 Å². The van der Waals surface area contributed by atoms with Gasteiger partial charge in [0.15, 0.2) is 0 Å². The van der Waals surface area contributed by atoms with Crippen molar-refractivity contribution in [3.8, 4) is 0 Å². The fourth-order valence-corrected chi connectivity index (χ4v) is 4.20. The summed E-state index contributed by atoms with van der Waals surface area (Å²) >= 11 is 1.95. The molecule has 0 unspecified atom stereocenters. The van der Waals surface area contributed by atoms with Crippen LogP contribution in [0.1, 0.15) is 11.1 Å². The fraction of sp³-hybridized carbons (Fsp3) is 0.217. The van der Waals surface area contributed by atoms with Crippen LogP contribution in [0.4, 0.5) is 24.7 Å². The van der Waals surface area contributed by atoms with E-state index in [2.05, 4.69) is 10.2 Å². The van der Waals surface area contributed by atoms with Crippen molar-refractivity contribution < 1.29 is 18.0 Å². The van der Waals surface area contributed by atoms with Gasteiger partial charge in [0.05, 0.1) is 11.1 Å².